The summed E-state index contributed by atoms with van der Waals surface area (Å²) in [6.45, 7) is 3.28. The third kappa shape index (κ3) is 4.09. The minimum Gasteiger partial charge on any atom is -0.382 e. The molecule has 0 radical (unpaired) electrons. The maximum absolute atomic E-state index is 12.2. The van der Waals surface area contributed by atoms with E-state index in [-0.39, 0.29) is 13.1 Å². The standard InChI is InChI=1S/C13H18F3NO2/c1-10(12(19)7-17(8-12)9-18)5-3-4-6-11(2)13(14,15)16/h4-6,9,11,19H,3,7-8H2,1-2H3/b6-4-,10-5+/t11-/m0/s1. The SMILES string of the molecule is C/C(=C\C/C=C\[C@H](C)C(F)(F)F)C1(O)CN(C=O)C1. The topological polar surface area (TPSA) is 40.5 Å². The van der Waals surface area contributed by atoms with Gasteiger partial charge in [0.05, 0.1) is 19.0 Å². The maximum atomic E-state index is 12.2. The molecule has 0 aromatic heterocycles. The van der Waals surface area contributed by atoms with Crippen molar-refractivity contribution in [2.75, 3.05) is 13.1 Å². The fourth-order valence-electron chi connectivity index (χ4n) is 1.78. The van der Waals surface area contributed by atoms with Crippen LogP contribution in [0.1, 0.15) is 20.3 Å². The Hall–Kier alpha value is -1.30. The number of allylic oxidation sites excluding steroid dienone is 3. The van der Waals surface area contributed by atoms with Crippen LogP contribution in [0.5, 0.6) is 0 Å². The lowest BCUT2D eigenvalue weighted by molar-refractivity contribution is -0.156. The van der Waals surface area contributed by atoms with Crippen molar-refractivity contribution < 1.29 is 23.1 Å². The summed E-state index contributed by atoms with van der Waals surface area (Å²) in [5, 5.41) is 10.0. The minimum absolute atomic E-state index is 0.238. The third-order valence-electron chi connectivity index (χ3n) is 3.31. The maximum Gasteiger partial charge on any atom is 0.394 e. The van der Waals surface area contributed by atoms with Crippen LogP contribution >= 0.6 is 0 Å². The molecule has 1 fully saturated rings. The second kappa shape index (κ2) is 5.77. The number of hydrogen-bond donors (Lipinski definition) is 1. The van der Waals surface area contributed by atoms with Crippen molar-refractivity contribution in [3.8, 4) is 0 Å². The number of rotatable bonds is 5. The Morgan fingerprint density at radius 1 is 1.47 bits per heavy atom. The molecule has 1 saturated heterocycles. The van der Waals surface area contributed by atoms with Gasteiger partial charge in [0.1, 0.15) is 5.60 Å². The smallest absolute Gasteiger partial charge is 0.382 e. The molecule has 1 aliphatic heterocycles. The Balaban J connectivity index is 2.45. The monoisotopic (exact) mass is 277 g/mol. The molecule has 0 spiro atoms. The quantitative estimate of drug-likeness (QED) is 0.618. The summed E-state index contributed by atoms with van der Waals surface area (Å²) in [6, 6.07) is 0. The van der Waals surface area contributed by atoms with E-state index in [0.717, 1.165) is 13.0 Å². The molecule has 1 atom stereocenters. The number of amides is 1. The van der Waals surface area contributed by atoms with Gasteiger partial charge >= 0.3 is 6.18 Å². The van der Waals surface area contributed by atoms with Crippen molar-refractivity contribution in [2.45, 2.75) is 32.0 Å². The van der Waals surface area contributed by atoms with Crippen LogP contribution in [0.25, 0.3) is 0 Å². The van der Waals surface area contributed by atoms with Gasteiger partial charge < -0.3 is 10.0 Å². The molecule has 0 bridgehead atoms. The van der Waals surface area contributed by atoms with E-state index in [1.165, 1.54) is 11.0 Å². The highest BCUT2D eigenvalue weighted by Gasteiger charge is 2.41. The number of alkyl halides is 3. The average molecular weight is 277 g/mol. The van der Waals surface area contributed by atoms with Gasteiger partial charge in [-0.15, -0.1) is 0 Å². The zero-order valence-electron chi connectivity index (χ0n) is 10.9. The number of carbonyl (C=O) groups is 1. The Morgan fingerprint density at radius 3 is 2.53 bits per heavy atom. The molecular formula is C13H18F3NO2. The average Bonchev–Trinajstić information content (AvgIpc) is 2.28. The first-order chi connectivity index (χ1) is 8.69. The molecule has 0 aromatic rings. The Kier molecular flexibility index (Phi) is 4.79. The minimum atomic E-state index is -4.22. The molecule has 0 aromatic carbocycles. The van der Waals surface area contributed by atoms with Crippen molar-refractivity contribution in [2.24, 2.45) is 5.92 Å². The van der Waals surface area contributed by atoms with Crippen molar-refractivity contribution in [1.29, 1.82) is 0 Å². The van der Waals surface area contributed by atoms with E-state index in [0.29, 0.717) is 18.4 Å². The van der Waals surface area contributed by atoms with E-state index in [2.05, 4.69) is 0 Å². The van der Waals surface area contributed by atoms with Gasteiger partial charge in [0.25, 0.3) is 0 Å². The highest BCUT2D eigenvalue weighted by Crippen LogP contribution is 2.28. The summed E-state index contributed by atoms with van der Waals surface area (Å²) in [5.74, 6) is -1.47. The van der Waals surface area contributed by atoms with E-state index in [1.807, 2.05) is 0 Å². The number of aliphatic hydroxyl groups is 1. The second-order valence-corrected chi connectivity index (χ2v) is 4.92. The zero-order valence-corrected chi connectivity index (χ0v) is 10.9. The number of nitrogens with zero attached hydrogens (tertiary/aromatic N) is 1. The molecule has 19 heavy (non-hydrogen) atoms. The molecule has 0 saturated carbocycles. The van der Waals surface area contributed by atoms with Crippen LogP contribution in [0, 0.1) is 5.92 Å². The summed E-state index contributed by atoms with van der Waals surface area (Å²) >= 11 is 0. The molecule has 0 aliphatic carbocycles. The first kappa shape index (κ1) is 15.8. The summed E-state index contributed by atoms with van der Waals surface area (Å²) in [7, 11) is 0. The summed E-state index contributed by atoms with van der Waals surface area (Å²) in [6.07, 6.45) is 0.990. The first-order valence-electron chi connectivity index (χ1n) is 6.01. The molecule has 0 unspecified atom stereocenters. The van der Waals surface area contributed by atoms with Gasteiger partial charge in [-0.3, -0.25) is 4.79 Å². The van der Waals surface area contributed by atoms with Crippen LogP contribution in [0.15, 0.2) is 23.8 Å². The van der Waals surface area contributed by atoms with Crippen LogP contribution in [-0.2, 0) is 4.79 Å². The highest BCUT2D eigenvalue weighted by molar-refractivity contribution is 5.51. The molecule has 1 aliphatic rings. The lowest BCUT2D eigenvalue weighted by atomic mass is 9.86. The molecule has 108 valence electrons. The molecule has 1 amide bonds. The predicted octanol–water partition coefficient (Wildman–Crippen LogP) is 2.28. The summed E-state index contributed by atoms with van der Waals surface area (Å²) in [4.78, 5) is 11.8. The number of β-amino-alcohol motifs (C(OH)–C–C–N with tert-alkyl or cyclic N) is 1. The van der Waals surface area contributed by atoms with Gasteiger partial charge in [0.2, 0.25) is 6.41 Å². The van der Waals surface area contributed by atoms with Crippen molar-refractivity contribution in [3.05, 3.63) is 23.8 Å². The van der Waals surface area contributed by atoms with Crippen molar-refractivity contribution in [3.63, 3.8) is 0 Å². The van der Waals surface area contributed by atoms with Crippen LogP contribution < -0.4 is 0 Å². The largest absolute Gasteiger partial charge is 0.394 e. The van der Waals surface area contributed by atoms with E-state index >= 15 is 0 Å². The Labute approximate surface area is 110 Å². The molecule has 1 N–H and O–H groups in total. The summed E-state index contributed by atoms with van der Waals surface area (Å²) in [5.41, 5.74) is -0.348. The van der Waals surface area contributed by atoms with Crippen LogP contribution in [0.3, 0.4) is 0 Å². The molecule has 6 heteroatoms. The Bertz CT molecular complexity index is 382. The number of carbonyl (C=O) groups excluding carboxylic acids is 1. The fourth-order valence-corrected chi connectivity index (χ4v) is 1.78. The van der Waals surface area contributed by atoms with Crippen LogP contribution in [-0.4, -0.2) is 41.3 Å². The Morgan fingerprint density at radius 2 is 2.05 bits per heavy atom. The fraction of sp³-hybridized carbons (Fsp3) is 0.615. The summed E-state index contributed by atoms with van der Waals surface area (Å²) < 4.78 is 36.7. The lowest BCUT2D eigenvalue weighted by Gasteiger charge is -2.45. The molecule has 3 nitrogen and oxygen atoms in total. The second-order valence-electron chi connectivity index (χ2n) is 4.92. The molecule has 1 heterocycles. The number of hydrogen-bond acceptors (Lipinski definition) is 2. The van der Waals surface area contributed by atoms with Crippen molar-refractivity contribution in [1.82, 2.24) is 4.90 Å². The van der Waals surface area contributed by atoms with Gasteiger partial charge in [0.15, 0.2) is 0 Å². The van der Waals surface area contributed by atoms with Gasteiger partial charge in [-0.05, 0) is 18.9 Å². The van der Waals surface area contributed by atoms with E-state index in [9.17, 15) is 23.1 Å². The predicted molar refractivity (Wildman–Crippen MR) is 65.3 cm³/mol. The first-order valence-corrected chi connectivity index (χ1v) is 6.01. The van der Waals surface area contributed by atoms with Gasteiger partial charge in [-0.25, -0.2) is 0 Å². The zero-order chi connectivity index (χ0) is 14.7. The van der Waals surface area contributed by atoms with E-state index < -0.39 is 17.7 Å². The van der Waals surface area contributed by atoms with E-state index in [1.54, 1.807) is 13.0 Å². The van der Waals surface area contributed by atoms with Gasteiger partial charge in [-0.1, -0.05) is 25.2 Å². The van der Waals surface area contributed by atoms with Crippen molar-refractivity contribution >= 4 is 6.41 Å². The van der Waals surface area contributed by atoms with Gasteiger partial charge in [0, 0.05) is 0 Å². The van der Waals surface area contributed by atoms with E-state index in [4.69, 9.17) is 0 Å². The molecular weight excluding hydrogens is 259 g/mol. The lowest BCUT2D eigenvalue weighted by Crippen LogP contribution is -2.61. The number of likely N-dealkylation sites (tertiary alicyclic amines) is 1. The van der Waals surface area contributed by atoms with Crippen LogP contribution in [0.2, 0.25) is 0 Å². The normalized spacial score (nSPS) is 21.4. The number of halogens is 3. The highest BCUT2D eigenvalue weighted by atomic mass is 19.4. The third-order valence-corrected chi connectivity index (χ3v) is 3.31. The molecule has 1 rings (SSSR count). The van der Waals surface area contributed by atoms with Gasteiger partial charge in [-0.2, -0.15) is 13.2 Å². The van der Waals surface area contributed by atoms with Crippen LogP contribution in [0.4, 0.5) is 13.2 Å².